The van der Waals surface area contributed by atoms with Crippen molar-refractivity contribution in [2.24, 2.45) is 0 Å². The van der Waals surface area contributed by atoms with Crippen LogP contribution in [0.4, 0.5) is 5.00 Å². The summed E-state index contributed by atoms with van der Waals surface area (Å²) in [6.07, 6.45) is 0. The van der Waals surface area contributed by atoms with E-state index in [1.807, 2.05) is 43.3 Å². The van der Waals surface area contributed by atoms with Crippen molar-refractivity contribution in [1.29, 1.82) is 0 Å². The average molecular weight is 442 g/mol. The summed E-state index contributed by atoms with van der Waals surface area (Å²) < 4.78 is 15.5. The largest absolute Gasteiger partial charge is 0.482 e. The second-order valence-corrected chi connectivity index (χ2v) is 7.94. The smallest absolute Gasteiger partial charge is 0.344 e. The first-order chi connectivity index (χ1) is 14.9. The summed E-state index contributed by atoms with van der Waals surface area (Å²) in [6.45, 7) is 4.77. The van der Waals surface area contributed by atoms with Gasteiger partial charge >= 0.3 is 11.9 Å². The van der Waals surface area contributed by atoms with Crippen molar-refractivity contribution in [1.82, 2.24) is 0 Å². The Morgan fingerprint density at radius 2 is 1.71 bits per heavy atom. The van der Waals surface area contributed by atoms with Crippen LogP contribution >= 0.6 is 11.3 Å². The number of thiophene rings is 1. The molecule has 0 fully saturated rings. The lowest BCUT2D eigenvalue weighted by Crippen LogP contribution is -2.24. The normalized spacial score (nSPS) is 10.5. The highest BCUT2D eigenvalue weighted by Crippen LogP contribution is 2.33. The first-order valence-electron chi connectivity index (χ1n) is 9.73. The zero-order valence-electron chi connectivity index (χ0n) is 17.5. The fourth-order valence-corrected chi connectivity index (χ4v) is 3.98. The van der Waals surface area contributed by atoms with Gasteiger partial charge in [0.15, 0.2) is 13.2 Å². The van der Waals surface area contributed by atoms with Crippen molar-refractivity contribution < 1.29 is 28.6 Å². The molecule has 1 heterocycles. The molecule has 1 aromatic heterocycles. The number of nitrogens with one attached hydrogen (secondary N) is 1. The Morgan fingerprint density at radius 1 is 0.968 bits per heavy atom. The molecule has 0 spiro atoms. The summed E-state index contributed by atoms with van der Waals surface area (Å²) in [5, 5.41) is 5.06. The van der Waals surface area contributed by atoms with Crippen molar-refractivity contribution in [2.75, 3.05) is 25.1 Å². The third kappa shape index (κ3) is 5.61. The van der Waals surface area contributed by atoms with Gasteiger partial charge in [-0.25, -0.2) is 9.59 Å². The third-order valence-electron chi connectivity index (χ3n) is 4.56. The van der Waals surface area contributed by atoms with Crippen LogP contribution in [0.15, 0.2) is 42.5 Å². The zero-order chi connectivity index (χ0) is 22.4. The summed E-state index contributed by atoms with van der Waals surface area (Å²) in [7, 11) is 0. The summed E-state index contributed by atoms with van der Waals surface area (Å²) in [5.41, 5.74) is 1.07. The lowest BCUT2D eigenvalue weighted by Gasteiger charge is -2.09. The highest BCUT2D eigenvalue weighted by atomic mass is 32.1. The molecule has 0 saturated carbocycles. The minimum atomic E-state index is -0.674. The van der Waals surface area contributed by atoms with Crippen molar-refractivity contribution in [3.05, 3.63) is 58.5 Å². The summed E-state index contributed by atoms with van der Waals surface area (Å²) in [6, 6.07) is 13.3. The van der Waals surface area contributed by atoms with E-state index in [4.69, 9.17) is 14.2 Å². The maximum atomic E-state index is 12.2. The number of hydrogen-bond donors (Lipinski definition) is 1. The Kier molecular flexibility index (Phi) is 7.25. The number of rotatable bonds is 8. The number of ether oxygens (including phenoxy) is 3. The molecule has 0 saturated heterocycles. The minimum absolute atomic E-state index is 0.232. The van der Waals surface area contributed by atoms with Crippen molar-refractivity contribution >= 4 is 45.0 Å². The molecule has 0 aliphatic heterocycles. The van der Waals surface area contributed by atoms with E-state index in [-0.39, 0.29) is 13.2 Å². The predicted octanol–water partition coefficient (Wildman–Crippen LogP) is 4.26. The van der Waals surface area contributed by atoms with E-state index in [0.717, 1.165) is 21.2 Å². The molecule has 7 nitrogen and oxygen atoms in total. The van der Waals surface area contributed by atoms with Gasteiger partial charge in [0.05, 0.1) is 12.2 Å². The second kappa shape index (κ2) is 10.1. The average Bonchev–Trinajstić information content (AvgIpc) is 3.03. The van der Waals surface area contributed by atoms with Crippen LogP contribution in [-0.2, 0) is 19.1 Å². The van der Waals surface area contributed by atoms with Crippen molar-refractivity contribution in [3.63, 3.8) is 0 Å². The Hall–Kier alpha value is -3.39. The van der Waals surface area contributed by atoms with E-state index >= 15 is 0 Å². The lowest BCUT2D eigenvalue weighted by atomic mass is 10.1. The Balaban J connectivity index is 1.52. The van der Waals surface area contributed by atoms with Crippen molar-refractivity contribution in [3.8, 4) is 5.75 Å². The summed E-state index contributed by atoms with van der Waals surface area (Å²) in [4.78, 5) is 37.2. The number of carbonyl (C=O) groups is 3. The molecule has 0 radical (unpaired) electrons. The van der Waals surface area contributed by atoms with Gasteiger partial charge in [0.1, 0.15) is 10.8 Å². The topological polar surface area (TPSA) is 90.9 Å². The molecule has 1 amide bonds. The van der Waals surface area contributed by atoms with E-state index in [1.54, 1.807) is 19.9 Å². The maximum absolute atomic E-state index is 12.2. The molecule has 31 heavy (non-hydrogen) atoms. The number of carbonyl (C=O) groups excluding carboxylic acids is 3. The van der Waals surface area contributed by atoms with Gasteiger partial charge in [0.25, 0.3) is 5.91 Å². The van der Waals surface area contributed by atoms with Crippen LogP contribution in [0.3, 0.4) is 0 Å². The molecular weight excluding hydrogens is 418 g/mol. The number of fused-ring (bicyclic) bond motifs is 1. The molecule has 162 valence electrons. The standard InChI is InChI=1S/C23H23NO6S/c1-4-28-23(27)21-14(2)15(3)31-22(21)24-19(25)12-30-20(26)13-29-18-10-9-16-7-5-6-8-17(16)11-18/h5-11H,4,12-13H2,1-3H3,(H,24,25). The highest BCUT2D eigenvalue weighted by Gasteiger charge is 2.22. The third-order valence-corrected chi connectivity index (χ3v) is 5.68. The number of anilines is 1. The monoisotopic (exact) mass is 441 g/mol. The Labute approximate surface area is 183 Å². The van der Waals surface area contributed by atoms with Crippen LogP contribution < -0.4 is 10.1 Å². The Bertz CT molecular complexity index is 1120. The van der Waals surface area contributed by atoms with E-state index in [9.17, 15) is 14.4 Å². The van der Waals surface area contributed by atoms with E-state index in [1.165, 1.54) is 11.3 Å². The first-order valence-corrected chi connectivity index (χ1v) is 10.5. The van der Waals surface area contributed by atoms with Gasteiger partial charge in [-0.15, -0.1) is 11.3 Å². The maximum Gasteiger partial charge on any atom is 0.344 e. The quantitative estimate of drug-likeness (QED) is 0.526. The van der Waals surface area contributed by atoms with Gasteiger partial charge in [0, 0.05) is 4.88 Å². The Morgan fingerprint density at radius 3 is 2.45 bits per heavy atom. The van der Waals surface area contributed by atoms with Gasteiger partial charge in [-0.2, -0.15) is 0 Å². The number of esters is 2. The number of benzene rings is 2. The molecule has 0 aliphatic carbocycles. The van der Waals surface area contributed by atoms with Crippen molar-refractivity contribution in [2.45, 2.75) is 20.8 Å². The molecule has 1 N–H and O–H groups in total. The van der Waals surface area contributed by atoms with Crippen LogP contribution in [0.5, 0.6) is 5.75 Å². The summed E-state index contributed by atoms with van der Waals surface area (Å²) in [5.74, 6) is -1.19. The minimum Gasteiger partial charge on any atom is -0.482 e. The molecule has 0 bridgehead atoms. The van der Waals surface area contributed by atoms with Crippen LogP contribution in [0.1, 0.15) is 27.7 Å². The van der Waals surface area contributed by atoms with Crippen LogP contribution in [-0.4, -0.2) is 37.7 Å². The first kappa shape index (κ1) is 22.3. The second-order valence-electron chi connectivity index (χ2n) is 6.71. The van der Waals surface area contributed by atoms with Crippen LogP contribution in [0, 0.1) is 13.8 Å². The highest BCUT2D eigenvalue weighted by molar-refractivity contribution is 7.16. The predicted molar refractivity (Wildman–Crippen MR) is 119 cm³/mol. The molecule has 3 aromatic rings. The molecule has 0 unspecified atom stereocenters. The molecule has 2 aromatic carbocycles. The molecule has 3 rings (SSSR count). The fraction of sp³-hybridized carbons (Fsp3) is 0.261. The number of amides is 1. The van der Waals surface area contributed by atoms with E-state index in [0.29, 0.717) is 16.3 Å². The fourth-order valence-electron chi connectivity index (χ4n) is 2.91. The van der Waals surface area contributed by atoms with Gasteiger partial charge in [-0.3, -0.25) is 4.79 Å². The van der Waals surface area contributed by atoms with Crippen LogP contribution in [0.2, 0.25) is 0 Å². The molecule has 8 heteroatoms. The number of aryl methyl sites for hydroxylation is 1. The summed E-state index contributed by atoms with van der Waals surface area (Å²) >= 11 is 1.27. The molecular formula is C23H23NO6S. The van der Waals surface area contributed by atoms with E-state index < -0.39 is 24.5 Å². The van der Waals surface area contributed by atoms with Gasteiger partial charge in [0.2, 0.25) is 0 Å². The SMILES string of the molecule is CCOC(=O)c1c(NC(=O)COC(=O)COc2ccc3ccccc3c2)sc(C)c1C. The van der Waals surface area contributed by atoms with E-state index in [2.05, 4.69) is 5.32 Å². The lowest BCUT2D eigenvalue weighted by molar-refractivity contribution is -0.149. The van der Waals surface area contributed by atoms with Gasteiger partial charge < -0.3 is 19.5 Å². The van der Waals surface area contributed by atoms with Gasteiger partial charge in [-0.05, 0) is 49.2 Å². The molecule has 0 aliphatic rings. The zero-order valence-corrected chi connectivity index (χ0v) is 18.3. The van der Waals surface area contributed by atoms with Crippen LogP contribution in [0.25, 0.3) is 10.8 Å². The van der Waals surface area contributed by atoms with Gasteiger partial charge in [-0.1, -0.05) is 30.3 Å². The molecule has 0 atom stereocenters. The number of hydrogen-bond acceptors (Lipinski definition) is 7.